The Bertz CT molecular complexity index is 828. The van der Waals surface area contributed by atoms with E-state index in [0.29, 0.717) is 12.1 Å². The first-order valence-corrected chi connectivity index (χ1v) is 6.65. The fourth-order valence-electron chi connectivity index (χ4n) is 2.42. The molecule has 0 atom stereocenters. The van der Waals surface area contributed by atoms with Gasteiger partial charge in [-0.3, -0.25) is 0 Å². The van der Waals surface area contributed by atoms with Crippen LogP contribution in [0.4, 0.5) is 5.82 Å². The van der Waals surface area contributed by atoms with Crippen LogP contribution in [0.25, 0.3) is 11.0 Å². The van der Waals surface area contributed by atoms with Crippen molar-refractivity contribution in [3.63, 3.8) is 0 Å². The molecule has 0 aliphatic carbocycles. The predicted molar refractivity (Wildman–Crippen MR) is 81.8 cm³/mol. The molecule has 5 heteroatoms. The molecule has 0 radical (unpaired) electrons. The van der Waals surface area contributed by atoms with Crippen molar-refractivity contribution in [3.05, 3.63) is 54.0 Å². The fraction of sp³-hybridized carbons (Fsp3) is 0.188. The van der Waals surface area contributed by atoms with E-state index in [1.165, 1.54) is 0 Å². The van der Waals surface area contributed by atoms with Gasteiger partial charge < -0.3 is 9.47 Å². The number of benzene rings is 1. The van der Waals surface area contributed by atoms with E-state index in [4.69, 9.17) is 5.26 Å². The van der Waals surface area contributed by atoms with E-state index in [0.717, 1.165) is 22.4 Å². The Balaban J connectivity index is 1.93. The van der Waals surface area contributed by atoms with Crippen LogP contribution in [0.1, 0.15) is 11.1 Å². The number of hydrogen-bond acceptors (Lipinski definition) is 4. The number of rotatable bonds is 3. The number of pyridine rings is 1. The van der Waals surface area contributed by atoms with Crippen LogP contribution < -0.4 is 4.90 Å². The first kappa shape index (κ1) is 13.1. The zero-order chi connectivity index (χ0) is 14.8. The van der Waals surface area contributed by atoms with Gasteiger partial charge in [0.05, 0.1) is 23.5 Å². The lowest BCUT2D eigenvalue weighted by Gasteiger charge is -2.18. The third kappa shape index (κ3) is 2.43. The predicted octanol–water partition coefficient (Wildman–Crippen LogP) is 2.48. The number of hydrogen-bond donors (Lipinski definition) is 0. The molecule has 0 unspecified atom stereocenters. The van der Waals surface area contributed by atoms with Crippen molar-refractivity contribution in [2.24, 2.45) is 7.05 Å². The quantitative estimate of drug-likeness (QED) is 0.738. The fourth-order valence-corrected chi connectivity index (χ4v) is 2.42. The lowest BCUT2D eigenvalue weighted by molar-refractivity contribution is 0.902. The van der Waals surface area contributed by atoms with Crippen LogP contribution >= 0.6 is 0 Å². The third-order valence-corrected chi connectivity index (χ3v) is 3.46. The molecule has 5 nitrogen and oxygen atoms in total. The molecule has 2 aromatic heterocycles. The van der Waals surface area contributed by atoms with Gasteiger partial charge in [-0.15, -0.1) is 0 Å². The minimum absolute atomic E-state index is 0.671. The van der Waals surface area contributed by atoms with Crippen molar-refractivity contribution >= 4 is 16.9 Å². The van der Waals surface area contributed by atoms with Gasteiger partial charge in [0.1, 0.15) is 5.52 Å². The molecule has 0 amide bonds. The summed E-state index contributed by atoms with van der Waals surface area (Å²) in [6, 6.07) is 11.7. The zero-order valence-corrected chi connectivity index (χ0v) is 12.0. The topological polar surface area (TPSA) is 57.7 Å². The second kappa shape index (κ2) is 5.25. The van der Waals surface area contributed by atoms with Gasteiger partial charge in [-0.1, -0.05) is 12.1 Å². The Labute approximate surface area is 123 Å². The number of aryl methyl sites for hydroxylation is 1. The van der Waals surface area contributed by atoms with Crippen molar-refractivity contribution in [1.29, 1.82) is 5.26 Å². The van der Waals surface area contributed by atoms with Crippen LogP contribution in [-0.2, 0) is 13.6 Å². The zero-order valence-electron chi connectivity index (χ0n) is 12.0. The van der Waals surface area contributed by atoms with Crippen LogP contribution in [0.5, 0.6) is 0 Å². The van der Waals surface area contributed by atoms with E-state index in [1.807, 2.05) is 47.8 Å². The molecular weight excluding hydrogens is 262 g/mol. The van der Waals surface area contributed by atoms with E-state index in [9.17, 15) is 0 Å². The molecule has 1 aromatic carbocycles. The second-order valence-corrected chi connectivity index (χ2v) is 5.03. The molecule has 104 valence electrons. The summed E-state index contributed by atoms with van der Waals surface area (Å²) in [6.07, 6.45) is 3.58. The summed E-state index contributed by atoms with van der Waals surface area (Å²) in [5.74, 6) is 0.843. The molecule has 0 fully saturated rings. The van der Waals surface area contributed by atoms with Gasteiger partial charge in [0, 0.05) is 26.8 Å². The van der Waals surface area contributed by atoms with Crippen LogP contribution in [0.15, 0.2) is 42.9 Å². The first-order valence-electron chi connectivity index (χ1n) is 6.65. The summed E-state index contributed by atoms with van der Waals surface area (Å²) >= 11 is 0. The molecule has 0 bridgehead atoms. The summed E-state index contributed by atoms with van der Waals surface area (Å²) in [4.78, 5) is 10.9. The Kier molecular flexibility index (Phi) is 3.28. The van der Waals surface area contributed by atoms with Crippen LogP contribution in [0, 0.1) is 11.3 Å². The summed E-state index contributed by atoms with van der Waals surface area (Å²) in [5, 5.41) is 8.97. The lowest BCUT2D eigenvalue weighted by atomic mass is 10.1. The highest BCUT2D eigenvalue weighted by Gasteiger charge is 2.11. The molecule has 2 heterocycles. The average molecular weight is 277 g/mol. The Morgan fingerprint density at radius 1 is 1.29 bits per heavy atom. The molecule has 0 N–H and O–H groups in total. The minimum atomic E-state index is 0.671. The smallest absolute Gasteiger partial charge is 0.156 e. The van der Waals surface area contributed by atoms with Gasteiger partial charge in [0.15, 0.2) is 5.82 Å². The largest absolute Gasteiger partial charge is 0.353 e. The molecule has 0 aliphatic rings. The van der Waals surface area contributed by atoms with Crippen molar-refractivity contribution in [2.45, 2.75) is 6.54 Å². The number of nitrogens with zero attached hydrogens (tertiary/aromatic N) is 5. The van der Waals surface area contributed by atoms with Crippen molar-refractivity contribution < 1.29 is 0 Å². The van der Waals surface area contributed by atoms with Gasteiger partial charge in [-0.05, 0) is 23.8 Å². The molecule has 3 rings (SSSR count). The van der Waals surface area contributed by atoms with Crippen LogP contribution in [-0.4, -0.2) is 21.6 Å². The summed E-state index contributed by atoms with van der Waals surface area (Å²) in [7, 11) is 3.95. The van der Waals surface area contributed by atoms with E-state index in [-0.39, 0.29) is 0 Å². The number of nitriles is 1. The van der Waals surface area contributed by atoms with Crippen LogP contribution in [0.2, 0.25) is 0 Å². The Hall–Kier alpha value is -2.87. The Morgan fingerprint density at radius 2 is 2.14 bits per heavy atom. The van der Waals surface area contributed by atoms with E-state index in [2.05, 4.69) is 16.0 Å². The second-order valence-electron chi connectivity index (χ2n) is 5.03. The standard InChI is InChI=1S/C16H15N5/c1-20(10-13-5-3-4-12(8-13)9-17)16-15-14(6-7-18-16)21(2)11-19-15/h3-8,11H,10H2,1-2H3. The average Bonchev–Trinajstić information content (AvgIpc) is 2.89. The maximum absolute atomic E-state index is 8.97. The monoisotopic (exact) mass is 277 g/mol. The van der Waals surface area contributed by atoms with Gasteiger partial charge >= 0.3 is 0 Å². The third-order valence-electron chi connectivity index (χ3n) is 3.46. The number of aromatic nitrogens is 3. The summed E-state index contributed by atoms with van der Waals surface area (Å²) in [5.41, 5.74) is 3.69. The van der Waals surface area contributed by atoms with E-state index in [1.54, 1.807) is 18.6 Å². The number of fused-ring (bicyclic) bond motifs is 1. The number of anilines is 1. The van der Waals surface area contributed by atoms with Gasteiger partial charge in [0.2, 0.25) is 0 Å². The van der Waals surface area contributed by atoms with Gasteiger partial charge in [-0.2, -0.15) is 5.26 Å². The summed E-state index contributed by atoms with van der Waals surface area (Å²) < 4.78 is 1.98. The lowest BCUT2D eigenvalue weighted by Crippen LogP contribution is -2.18. The van der Waals surface area contributed by atoms with Gasteiger partial charge in [0.25, 0.3) is 0 Å². The molecule has 3 aromatic rings. The number of imidazole rings is 1. The molecule has 0 aliphatic heterocycles. The molecule has 0 saturated carbocycles. The normalized spacial score (nSPS) is 10.5. The Morgan fingerprint density at radius 3 is 2.95 bits per heavy atom. The highest BCUT2D eigenvalue weighted by Crippen LogP contribution is 2.22. The minimum Gasteiger partial charge on any atom is -0.353 e. The van der Waals surface area contributed by atoms with Crippen molar-refractivity contribution in [1.82, 2.24) is 14.5 Å². The molecule has 21 heavy (non-hydrogen) atoms. The van der Waals surface area contributed by atoms with E-state index < -0.39 is 0 Å². The molecular formula is C16H15N5. The SMILES string of the molecule is CN(Cc1cccc(C#N)c1)c1nccc2c1ncn2C. The van der Waals surface area contributed by atoms with Gasteiger partial charge in [-0.25, -0.2) is 9.97 Å². The highest BCUT2D eigenvalue weighted by atomic mass is 15.2. The van der Waals surface area contributed by atoms with Crippen molar-refractivity contribution in [2.75, 3.05) is 11.9 Å². The highest BCUT2D eigenvalue weighted by molar-refractivity contribution is 5.86. The molecule has 0 saturated heterocycles. The first-order chi connectivity index (χ1) is 10.2. The summed E-state index contributed by atoms with van der Waals surface area (Å²) in [6.45, 7) is 0.679. The molecule has 0 spiro atoms. The maximum Gasteiger partial charge on any atom is 0.156 e. The van der Waals surface area contributed by atoms with Crippen molar-refractivity contribution in [3.8, 4) is 6.07 Å². The van der Waals surface area contributed by atoms with E-state index >= 15 is 0 Å². The maximum atomic E-state index is 8.97. The van der Waals surface area contributed by atoms with Crippen LogP contribution in [0.3, 0.4) is 0 Å².